The van der Waals surface area contributed by atoms with Gasteiger partial charge >= 0.3 is 12.1 Å². The van der Waals surface area contributed by atoms with Gasteiger partial charge in [0.15, 0.2) is 5.60 Å². The summed E-state index contributed by atoms with van der Waals surface area (Å²) in [7, 11) is 0. The number of esters is 1. The summed E-state index contributed by atoms with van der Waals surface area (Å²) in [4.78, 5) is 53.2. The molecular weight excluding hydrogens is 579 g/mol. The number of carbonyl (C=O) groups excluding carboxylic acids is 2. The van der Waals surface area contributed by atoms with Crippen LogP contribution >= 0.6 is 0 Å². The molecule has 3 aliphatic rings. The Morgan fingerprint density at radius 1 is 1.20 bits per heavy atom. The standard InChI is InChI=1S/C30H31FN4O9/c1-3-30(41)18-8-21-26-16(11-35(21)27(37)17(18)12-44-28(30)38)25-22(43-7-6-42-13-33-23(36)10-32-29(39)40)5-4-15-14(2)19(31)9-20(34-26)24(15)25/h8-9,22,32,41H,3-7,10-13H2,1-2H3,(H,33,36)(H,39,40)/t22-,30-/m0/s1. The number of hydrogen-bond acceptors (Lipinski definition) is 9. The van der Waals surface area contributed by atoms with E-state index in [1.807, 2.05) is 5.32 Å². The van der Waals surface area contributed by atoms with Gasteiger partial charge in [-0.25, -0.2) is 19.0 Å². The van der Waals surface area contributed by atoms with Crippen molar-refractivity contribution in [3.63, 3.8) is 0 Å². The third kappa shape index (κ3) is 4.78. The number of rotatable bonds is 9. The number of halogens is 1. The molecule has 14 heteroatoms. The van der Waals surface area contributed by atoms with Gasteiger partial charge in [0.2, 0.25) is 5.91 Å². The van der Waals surface area contributed by atoms with Crippen LogP contribution in [-0.2, 0) is 49.0 Å². The maximum absolute atomic E-state index is 15.1. The summed E-state index contributed by atoms with van der Waals surface area (Å²) in [5, 5.41) is 25.0. The van der Waals surface area contributed by atoms with Gasteiger partial charge in [-0.15, -0.1) is 0 Å². The van der Waals surface area contributed by atoms with E-state index in [-0.39, 0.29) is 56.5 Å². The van der Waals surface area contributed by atoms with E-state index in [0.29, 0.717) is 35.3 Å². The van der Waals surface area contributed by atoms with Crippen LogP contribution in [0, 0.1) is 12.7 Å². The molecule has 4 heterocycles. The van der Waals surface area contributed by atoms with Crippen molar-refractivity contribution in [3.8, 4) is 11.4 Å². The molecule has 0 radical (unpaired) electrons. The van der Waals surface area contributed by atoms with Gasteiger partial charge < -0.3 is 39.6 Å². The summed E-state index contributed by atoms with van der Waals surface area (Å²) in [6, 6.07) is 3.00. The van der Waals surface area contributed by atoms with Crippen LogP contribution in [0.3, 0.4) is 0 Å². The molecule has 0 spiro atoms. The maximum Gasteiger partial charge on any atom is 0.405 e. The lowest BCUT2D eigenvalue weighted by molar-refractivity contribution is -0.172. The number of aryl methyl sites for hydroxylation is 1. The number of carboxylic acid groups (broad SMARTS) is 1. The average Bonchev–Trinajstić information content (AvgIpc) is 3.37. The van der Waals surface area contributed by atoms with Gasteiger partial charge in [0.1, 0.15) is 25.7 Å². The Labute approximate surface area is 249 Å². The molecular formula is C30H31FN4O9. The SMILES string of the molecule is CC[C@@]1(O)C(=O)OCc2c1cc1n(c2=O)Cc2c-1nc1cc(F)c(C)c3c1c2[C@@H](OCCOCNC(=O)CNC(=O)O)CC3. The molecule has 6 rings (SSSR count). The van der Waals surface area contributed by atoms with Crippen LogP contribution in [0.1, 0.15) is 59.3 Å². The molecule has 0 bridgehead atoms. The number of pyridine rings is 2. The molecule has 0 fully saturated rings. The highest BCUT2D eigenvalue weighted by molar-refractivity contribution is 5.93. The summed E-state index contributed by atoms with van der Waals surface area (Å²) in [5.74, 6) is -1.74. The van der Waals surface area contributed by atoms with E-state index in [0.717, 1.165) is 22.1 Å². The van der Waals surface area contributed by atoms with Crippen molar-refractivity contribution in [2.45, 2.75) is 58.0 Å². The van der Waals surface area contributed by atoms with Crippen LogP contribution in [0.2, 0.25) is 0 Å². The fraction of sp³-hybridized carbons (Fsp3) is 0.433. The molecule has 2 aliphatic heterocycles. The molecule has 44 heavy (non-hydrogen) atoms. The summed E-state index contributed by atoms with van der Waals surface area (Å²) in [6.45, 7) is 3.05. The Balaban J connectivity index is 1.33. The Hall–Kier alpha value is -4.40. The second-order valence-electron chi connectivity index (χ2n) is 11.0. The molecule has 232 valence electrons. The van der Waals surface area contributed by atoms with Crippen molar-refractivity contribution in [2.24, 2.45) is 0 Å². The Morgan fingerprint density at radius 3 is 2.75 bits per heavy atom. The first kappa shape index (κ1) is 29.7. The molecule has 2 amide bonds. The van der Waals surface area contributed by atoms with Crippen LogP contribution in [-0.4, -0.2) is 64.2 Å². The minimum Gasteiger partial charge on any atom is -0.465 e. The smallest absolute Gasteiger partial charge is 0.405 e. The van der Waals surface area contributed by atoms with Crippen molar-refractivity contribution in [2.75, 3.05) is 26.5 Å². The third-order valence-corrected chi connectivity index (χ3v) is 8.64. The molecule has 0 unspecified atom stereocenters. The van der Waals surface area contributed by atoms with Crippen LogP contribution in [0.25, 0.3) is 22.3 Å². The second-order valence-corrected chi connectivity index (χ2v) is 11.0. The zero-order valence-corrected chi connectivity index (χ0v) is 24.1. The number of nitrogens with zero attached hydrogens (tertiary/aromatic N) is 2. The normalized spacial score (nSPS) is 19.6. The van der Waals surface area contributed by atoms with Crippen LogP contribution in [0.5, 0.6) is 0 Å². The molecule has 13 nitrogen and oxygen atoms in total. The number of cyclic esters (lactones) is 1. The fourth-order valence-corrected chi connectivity index (χ4v) is 6.35. The lowest BCUT2D eigenvalue weighted by Gasteiger charge is -2.31. The topological polar surface area (TPSA) is 178 Å². The largest absolute Gasteiger partial charge is 0.465 e. The Kier molecular flexibility index (Phi) is 7.59. The van der Waals surface area contributed by atoms with E-state index < -0.39 is 41.8 Å². The molecule has 4 N–H and O–H groups in total. The Bertz CT molecular complexity index is 1790. The van der Waals surface area contributed by atoms with Gasteiger partial charge in [-0.3, -0.25) is 9.59 Å². The molecule has 2 atom stereocenters. The van der Waals surface area contributed by atoms with Crippen molar-refractivity contribution in [3.05, 3.63) is 61.7 Å². The number of hydrogen-bond donors (Lipinski definition) is 4. The molecule has 0 saturated carbocycles. The number of carbonyl (C=O) groups is 3. The lowest BCUT2D eigenvalue weighted by atomic mass is 9.82. The zero-order chi connectivity index (χ0) is 31.3. The van der Waals surface area contributed by atoms with Gasteiger partial charge in [-0.1, -0.05) is 6.92 Å². The number of ether oxygens (including phenoxy) is 3. The van der Waals surface area contributed by atoms with Crippen LogP contribution < -0.4 is 16.2 Å². The highest BCUT2D eigenvalue weighted by Gasteiger charge is 2.46. The number of benzene rings is 1. The van der Waals surface area contributed by atoms with Crippen molar-refractivity contribution >= 4 is 28.9 Å². The van der Waals surface area contributed by atoms with Crippen molar-refractivity contribution in [1.82, 2.24) is 20.2 Å². The van der Waals surface area contributed by atoms with Crippen molar-refractivity contribution in [1.29, 1.82) is 0 Å². The van der Waals surface area contributed by atoms with E-state index in [1.54, 1.807) is 24.5 Å². The van der Waals surface area contributed by atoms with E-state index >= 15 is 4.39 Å². The minimum absolute atomic E-state index is 0.0136. The predicted molar refractivity (Wildman–Crippen MR) is 151 cm³/mol. The van der Waals surface area contributed by atoms with E-state index in [9.17, 15) is 24.3 Å². The first-order valence-corrected chi connectivity index (χ1v) is 14.3. The average molecular weight is 611 g/mol. The van der Waals surface area contributed by atoms with Gasteiger partial charge in [-0.05, 0) is 48.9 Å². The predicted octanol–water partition coefficient (Wildman–Crippen LogP) is 1.89. The zero-order valence-electron chi connectivity index (χ0n) is 24.1. The maximum atomic E-state index is 15.1. The number of amides is 2. The van der Waals surface area contributed by atoms with Gasteiger partial charge in [0.25, 0.3) is 5.56 Å². The fourth-order valence-electron chi connectivity index (χ4n) is 6.35. The van der Waals surface area contributed by atoms with Gasteiger partial charge in [-0.2, -0.15) is 0 Å². The molecule has 0 saturated heterocycles. The monoisotopic (exact) mass is 610 g/mol. The summed E-state index contributed by atoms with van der Waals surface area (Å²) in [5.41, 5.74) is 2.27. The summed E-state index contributed by atoms with van der Waals surface area (Å²) in [6.07, 6.45) is -0.630. The molecule has 3 aromatic rings. The number of aromatic nitrogens is 2. The Morgan fingerprint density at radius 2 is 2.00 bits per heavy atom. The van der Waals surface area contributed by atoms with E-state index in [2.05, 4.69) is 5.32 Å². The lowest BCUT2D eigenvalue weighted by Crippen LogP contribution is -2.44. The third-order valence-electron chi connectivity index (χ3n) is 8.64. The number of aliphatic hydroxyl groups is 1. The minimum atomic E-state index is -1.97. The second kappa shape index (κ2) is 11.3. The molecule has 2 aromatic heterocycles. The van der Waals surface area contributed by atoms with Crippen LogP contribution in [0.15, 0.2) is 16.9 Å². The molecule has 1 aliphatic carbocycles. The summed E-state index contributed by atoms with van der Waals surface area (Å²) < 4.78 is 33.5. The highest BCUT2D eigenvalue weighted by atomic mass is 19.1. The quantitative estimate of drug-likeness (QED) is 0.124. The molecule has 1 aromatic carbocycles. The van der Waals surface area contributed by atoms with E-state index in [4.69, 9.17) is 24.3 Å². The van der Waals surface area contributed by atoms with Crippen molar-refractivity contribution < 1.29 is 43.2 Å². The number of nitrogens with one attached hydrogen (secondary N) is 2. The van der Waals surface area contributed by atoms with Gasteiger partial charge in [0, 0.05) is 22.6 Å². The highest BCUT2D eigenvalue weighted by Crippen LogP contribution is 2.46. The van der Waals surface area contributed by atoms with Crippen LogP contribution in [0.4, 0.5) is 9.18 Å². The number of fused-ring (bicyclic) bond motifs is 5. The first-order valence-electron chi connectivity index (χ1n) is 14.3. The first-order chi connectivity index (χ1) is 21.0. The van der Waals surface area contributed by atoms with E-state index in [1.165, 1.54) is 6.07 Å². The summed E-state index contributed by atoms with van der Waals surface area (Å²) >= 11 is 0. The van der Waals surface area contributed by atoms with Gasteiger partial charge in [0.05, 0.1) is 48.3 Å².